The summed E-state index contributed by atoms with van der Waals surface area (Å²) in [5, 5.41) is 37.7. The third-order valence-electron chi connectivity index (χ3n) is 6.11. The molecule has 41 heavy (non-hydrogen) atoms. The van der Waals surface area contributed by atoms with Gasteiger partial charge in [0.05, 0.1) is 0 Å². The van der Waals surface area contributed by atoms with Crippen molar-refractivity contribution < 1.29 is 0 Å². The van der Waals surface area contributed by atoms with Gasteiger partial charge >= 0.3 is 257 Å². The Hall–Kier alpha value is -2.80. The first-order chi connectivity index (χ1) is 19.8. The van der Waals surface area contributed by atoms with Crippen molar-refractivity contribution in [2.24, 2.45) is 20.4 Å². The van der Waals surface area contributed by atoms with Crippen LogP contribution in [0.25, 0.3) is 0 Å². The fourth-order valence-electron chi connectivity index (χ4n) is 3.74. The predicted molar refractivity (Wildman–Crippen MR) is 183 cm³/mol. The van der Waals surface area contributed by atoms with Crippen molar-refractivity contribution in [1.82, 2.24) is 0 Å². The summed E-state index contributed by atoms with van der Waals surface area (Å²) in [5.74, 6) is 0. The Morgan fingerprint density at radius 2 is 1.07 bits per heavy atom. The minimum atomic E-state index is -3.28. The zero-order valence-electron chi connectivity index (χ0n) is 24.9. The predicted octanol–water partition coefficient (Wildman–Crippen LogP) is 7.54. The summed E-state index contributed by atoms with van der Waals surface area (Å²) < 4.78 is 2.01. The second-order valence-corrected chi connectivity index (χ2v) is 34.8. The first kappa shape index (κ1) is 34.4. The molecule has 0 aromatic heterocycles. The Morgan fingerprint density at radius 3 is 1.37 bits per heavy atom. The van der Waals surface area contributed by atoms with Gasteiger partial charge in [-0.25, -0.2) is 0 Å². The molecule has 0 heterocycles. The zero-order valence-corrected chi connectivity index (χ0v) is 29.4. The summed E-state index contributed by atoms with van der Waals surface area (Å²) in [6.45, 7) is 4.34. The van der Waals surface area contributed by atoms with Crippen molar-refractivity contribution in [2.45, 2.75) is 48.4 Å². The summed E-state index contributed by atoms with van der Waals surface area (Å²) in [4.78, 5) is 4.07. The van der Waals surface area contributed by atoms with Crippen molar-refractivity contribution in [1.29, 1.82) is 10.5 Å². The van der Waals surface area contributed by atoms with Gasteiger partial charge < -0.3 is 0 Å². The van der Waals surface area contributed by atoms with Crippen molar-refractivity contribution in [3.63, 3.8) is 0 Å². The van der Waals surface area contributed by atoms with Gasteiger partial charge in [0.2, 0.25) is 0 Å². The Labute approximate surface area is 255 Å². The van der Waals surface area contributed by atoms with Gasteiger partial charge in [0.15, 0.2) is 0 Å². The van der Waals surface area contributed by atoms with E-state index < -0.39 is 15.6 Å². The number of anilines is 2. The zero-order chi connectivity index (χ0) is 30.1. The molecule has 8 nitrogen and oxygen atoms in total. The van der Waals surface area contributed by atoms with Gasteiger partial charge in [-0.2, -0.15) is 0 Å². The third kappa shape index (κ3) is 12.3. The molecule has 0 fully saturated rings. The summed E-state index contributed by atoms with van der Waals surface area (Å²) in [5.41, 5.74) is 4.03. The van der Waals surface area contributed by atoms with Crippen LogP contribution in [-0.2, 0) is 0 Å². The van der Waals surface area contributed by atoms with E-state index in [1.54, 1.807) is 30.3 Å². The molecule has 0 bridgehead atoms. The van der Waals surface area contributed by atoms with Gasteiger partial charge in [-0.1, -0.05) is 0 Å². The molecule has 0 aliphatic rings. The first-order valence-electron chi connectivity index (χ1n) is 13.7. The number of nitrogens with zero attached hydrogens (tertiary/aromatic N) is 8. The number of unbranched alkanes of at least 4 members (excludes halogenated alkanes) is 2. The summed E-state index contributed by atoms with van der Waals surface area (Å²) in [6.07, 6.45) is 7.52. The summed E-state index contributed by atoms with van der Waals surface area (Å²) in [6, 6.07) is 20.5. The van der Waals surface area contributed by atoms with Crippen LogP contribution in [-0.4, -0.2) is 66.3 Å². The third-order valence-corrected chi connectivity index (χ3v) is 32.5. The monoisotopic (exact) mass is 696 g/mol. The number of hydrogen-bond donors (Lipinski definition) is 0. The molecule has 0 radical (unpaired) electrons. The van der Waals surface area contributed by atoms with E-state index in [-0.39, 0.29) is 0 Å². The van der Waals surface area contributed by atoms with Gasteiger partial charge in [-0.3, -0.25) is 0 Å². The maximum absolute atomic E-state index is 9.97. The van der Waals surface area contributed by atoms with Gasteiger partial charge in [0, 0.05) is 0 Å². The number of hydrogen-bond acceptors (Lipinski definition) is 10. The van der Waals surface area contributed by atoms with Gasteiger partial charge in [-0.15, -0.1) is 0 Å². The average molecular weight is 696 g/mol. The van der Waals surface area contributed by atoms with E-state index >= 15 is 0 Å². The fraction of sp³-hybridized carbons (Fsp3) is 0.400. The van der Waals surface area contributed by atoms with Gasteiger partial charge in [-0.05, 0) is 0 Å². The van der Waals surface area contributed by atoms with E-state index in [2.05, 4.69) is 46.4 Å². The van der Waals surface area contributed by atoms with Gasteiger partial charge in [0.25, 0.3) is 0 Å². The van der Waals surface area contributed by atoms with Crippen LogP contribution in [0, 0.1) is 22.7 Å². The molecule has 0 aliphatic carbocycles. The van der Waals surface area contributed by atoms with Crippen LogP contribution in [0.15, 0.2) is 68.9 Å². The standard InChI is InChI=1S/2C11H12N4S.2C4H9.Sn/c2*1-15(2)10-5-3-9(4-6-10)8-13-14-11(16)7-12;2*1-3-4-2;/h2*3-6,8H,1-2H3,(H,14,16);2*1,3-4H2,2H3;/q;;;;+2/p-2. The molecule has 0 amide bonds. The Kier molecular flexibility index (Phi) is 15.6. The molecule has 2 rings (SSSR count). The van der Waals surface area contributed by atoms with Crippen LogP contribution >= 0.6 is 17.9 Å². The fourth-order valence-corrected chi connectivity index (χ4v) is 30.2. The van der Waals surface area contributed by atoms with Crippen molar-refractivity contribution in [2.75, 3.05) is 38.0 Å². The molecule has 0 saturated carbocycles. The molecular weight excluding hydrogens is 655 g/mol. The molecule has 0 N–H and O–H groups in total. The molecule has 0 unspecified atom stereocenters. The van der Waals surface area contributed by atoms with Crippen LogP contribution in [0.5, 0.6) is 0 Å². The number of benzene rings is 2. The van der Waals surface area contributed by atoms with E-state index in [1.807, 2.05) is 86.5 Å². The average Bonchev–Trinajstić information content (AvgIpc) is 2.98. The van der Waals surface area contributed by atoms with Crippen LogP contribution in [0.1, 0.15) is 50.7 Å². The Morgan fingerprint density at radius 1 is 0.707 bits per heavy atom. The Balaban J connectivity index is 2.29. The molecule has 11 heteroatoms. The van der Waals surface area contributed by atoms with Crippen LogP contribution in [0.3, 0.4) is 0 Å². The SMILES string of the molecule is CCC[CH2][Sn]([CH2]CCC)([S]C(C#N)=NN=Cc1ccc(N(C)C)cc1)[S]C(C#N)=NN=Cc1ccc(N(C)C)cc1. The second kappa shape index (κ2) is 18.6. The summed E-state index contributed by atoms with van der Waals surface area (Å²) >= 11 is -3.28. The maximum atomic E-state index is 9.97. The van der Waals surface area contributed by atoms with E-state index in [9.17, 15) is 10.5 Å². The minimum absolute atomic E-state index is 0.350. The molecule has 0 atom stereocenters. The van der Waals surface area contributed by atoms with Gasteiger partial charge in [0.1, 0.15) is 0 Å². The van der Waals surface area contributed by atoms with E-state index in [0.717, 1.165) is 57.1 Å². The first-order valence-corrected chi connectivity index (χ1v) is 26.4. The van der Waals surface area contributed by atoms with Crippen molar-refractivity contribution in [3.8, 4) is 12.1 Å². The van der Waals surface area contributed by atoms with Crippen molar-refractivity contribution in [3.05, 3.63) is 59.7 Å². The summed E-state index contributed by atoms with van der Waals surface area (Å²) in [7, 11) is 11.2. The van der Waals surface area contributed by atoms with Crippen LogP contribution < -0.4 is 9.80 Å². The topological polar surface area (TPSA) is 103 Å². The van der Waals surface area contributed by atoms with E-state index in [0.29, 0.717) is 10.1 Å². The Bertz CT molecular complexity index is 1190. The molecule has 0 saturated heterocycles. The second-order valence-electron chi connectivity index (χ2n) is 9.82. The molecule has 0 spiro atoms. The van der Waals surface area contributed by atoms with E-state index in [4.69, 9.17) is 0 Å². The quantitative estimate of drug-likeness (QED) is 0.0876. The molecular formula is C30H40N8S2Sn. The normalized spacial score (nSPS) is 12.5. The van der Waals surface area contributed by atoms with Crippen LogP contribution in [0.4, 0.5) is 11.4 Å². The van der Waals surface area contributed by atoms with Crippen molar-refractivity contribution >= 4 is 67.4 Å². The van der Waals surface area contributed by atoms with E-state index in [1.165, 1.54) is 0 Å². The molecule has 0 aliphatic heterocycles. The molecule has 2 aromatic carbocycles. The van der Waals surface area contributed by atoms with Crippen LogP contribution in [0.2, 0.25) is 8.87 Å². The molecule has 2 aromatic rings. The number of nitriles is 2. The number of rotatable bonds is 14. The molecule has 216 valence electrons.